The molecule has 0 saturated carbocycles. The number of aldehydes is 1. The van der Waals surface area contributed by atoms with Crippen LogP contribution in [0.2, 0.25) is 0 Å². The minimum Gasteiger partial charge on any atom is -0.481 e. The molecule has 3 atom stereocenters. The third-order valence-electron chi connectivity index (χ3n) is 10.8. The van der Waals surface area contributed by atoms with Gasteiger partial charge in [-0.1, -0.05) is 0 Å². The summed E-state index contributed by atoms with van der Waals surface area (Å²) in [5.41, 5.74) is 0. The number of ether oxygens (including phenoxy) is 10. The van der Waals surface area contributed by atoms with E-state index in [9.17, 15) is 57.5 Å². The van der Waals surface area contributed by atoms with E-state index in [2.05, 4.69) is 31.9 Å². The van der Waals surface area contributed by atoms with Crippen molar-refractivity contribution in [1.29, 1.82) is 0 Å². The van der Waals surface area contributed by atoms with Gasteiger partial charge in [0.15, 0.2) is 0 Å². The lowest BCUT2D eigenvalue weighted by Crippen LogP contribution is -2.48. The molecule has 32 nitrogen and oxygen atoms in total. The number of hydrogen-bond donors (Lipinski definition) is 8. The topological polar surface area (TPSA) is 422 Å². The Bertz CT molecular complexity index is 1920. The van der Waals surface area contributed by atoms with Crippen LogP contribution in [0.3, 0.4) is 0 Å². The highest BCUT2D eigenvalue weighted by atomic mass is 16.7. The largest absolute Gasteiger partial charge is 0.481 e. The number of nitrogens with one attached hydrogen (secondary N) is 6. The highest BCUT2D eigenvalue weighted by Gasteiger charge is 2.32. The Labute approximate surface area is 481 Å². The molecule has 0 aromatic heterocycles. The Morgan fingerprint density at radius 1 is 0.458 bits per heavy atom. The van der Waals surface area contributed by atoms with Crippen LogP contribution in [0.25, 0.3) is 0 Å². The molecule has 1 aliphatic rings. The van der Waals surface area contributed by atoms with Gasteiger partial charge in [0, 0.05) is 77.0 Å². The molecule has 8 N–H and O–H groups in total. The zero-order valence-electron chi connectivity index (χ0n) is 47.3. The van der Waals surface area contributed by atoms with E-state index in [0.717, 1.165) is 0 Å². The van der Waals surface area contributed by atoms with E-state index in [1.165, 1.54) is 0 Å². The fourth-order valence-electron chi connectivity index (χ4n) is 6.68. The molecular formula is C51H85N7O25. The molecule has 474 valence electrons. The van der Waals surface area contributed by atoms with E-state index in [-0.39, 0.29) is 240 Å². The number of hydrogen-bond acceptors (Lipinski definition) is 23. The molecule has 0 bridgehead atoms. The maximum atomic E-state index is 13.2. The normalized spacial score (nSPS) is 13.1. The summed E-state index contributed by atoms with van der Waals surface area (Å²) in [6.45, 7) is 5.97. The van der Waals surface area contributed by atoms with Gasteiger partial charge in [0.25, 0.3) is 11.8 Å². The van der Waals surface area contributed by atoms with E-state index in [1.807, 2.05) is 0 Å². The van der Waals surface area contributed by atoms with E-state index >= 15 is 0 Å². The molecule has 0 aromatic carbocycles. The summed E-state index contributed by atoms with van der Waals surface area (Å²) in [4.78, 5) is 146. The Kier molecular flexibility index (Phi) is 45.1. The zero-order chi connectivity index (χ0) is 61.1. The second-order valence-corrected chi connectivity index (χ2v) is 17.9. The summed E-state index contributed by atoms with van der Waals surface area (Å²) in [6, 6.07) is -2.68. The Morgan fingerprint density at radius 2 is 0.831 bits per heavy atom. The second kappa shape index (κ2) is 50.2. The number of carbonyl (C=O) groups excluding carboxylic acids is 10. The summed E-state index contributed by atoms with van der Waals surface area (Å²) in [5, 5.41) is 33.6. The number of rotatable bonds is 56. The average molecular weight is 1200 g/mol. The fourth-order valence-corrected chi connectivity index (χ4v) is 6.68. The Hall–Kier alpha value is -6.36. The van der Waals surface area contributed by atoms with Gasteiger partial charge in [-0.15, -0.1) is 5.06 Å². The number of aliphatic carboxylic acids is 2. The SMILES string of the molecule is C[C@H](CC(=O)O)NC(=O)CCOCCOCCOCCNC(=O)CC[C@H](NC(=O)CCOCCOCCOCCOCCNC(=O)CCCC(=O)ON1C(=O)CCC1=O)C(=O)NCCOCCOCCOCCC(=O)N[C@H](C=O)CC(=O)O. The van der Waals surface area contributed by atoms with Crippen LogP contribution in [0.5, 0.6) is 0 Å². The van der Waals surface area contributed by atoms with Crippen molar-refractivity contribution in [1.82, 2.24) is 37.0 Å². The highest BCUT2D eigenvalue weighted by molar-refractivity contribution is 6.01. The maximum Gasteiger partial charge on any atom is 0.333 e. The van der Waals surface area contributed by atoms with Crippen LogP contribution in [-0.2, 0) is 110 Å². The first-order chi connectivity index (χ1) is 40.0. The number of nitrogens with zero attached hydrogens (tertiary/aromatic N) is 1. The van der Waals surface area contributed by atoms with Gasteiger partial charge in [-0.3, -0.25) is 47.9 Å². The van der Waals surface area contributed by atoms with E-state index in [1.54, 1.807) is 6.92 Å². The molecule has 32 heteroatoms. The molecule has 1 saturated heterocycles. The van der Waals surface area contributed by atoms with Crippen LogP contribution in [0.1, 0.15) is 84.0 Å². The molecule has 0 radical (unpaired) electrons. The monoisotopic (exact) mass is 1200 g/mol. The molecule has 1 rings (SSSR count). The molecule has 0 unspecified atom stereocenters. The number of amides is 8. The van der Waals surface area contributed by atoms with Gasteiger partial charge in [-0.05, 0) is 19.8 Å². The third-order valence-corrected chi connectivity index (χ3v) is 10.8. The highest BCUT2D eigenvalue weighted by Crippen LogP contribution is 2.13. The van der Waals surface area contributed by atoms with Crippen molar-refractivity contribution in [3.63, 3.8) is 0 Å². The van der Waals surface area contributed by atoms with Crippen molar-refractivity contribution < 1.29 is 120 Å². The number of carboxylic acid groups (broad SMARTS) is 2. The molecule has 1 aliphatic heterocycles. The van der Waals surface area contributed by atoms with Gasteiger partial charge < -0.3 is 99.1 Å². The summed E-state index contributed by atoms with van der Waals surface area (Å²) in [5.74, 6) is -6.71. The lowest BCUT2D eigenvalue weighted by Gasteiger charge is -2.19. The molecule has 83 heavy (non-hydrogen) atoms. The summed E-state index contributed by atoms with van der Waals surface area (Å²) in [7, 11) is 0. The van der Waals surface area contributed by atoms with Crippen LogP contribution in [0.15, 0.2) is 0 Å². The van der Waals surface area contributed by atoms with Crippen molar-refractivity contribution >= 4 is 71.5 Å². The van der Waals surface area contributed by atoms with Crippen molar-refractivity contribution in [3.05, 3.63) is 0 Å². The van der Waals surface area contributed by atoms with Crippen molar-refractivity contribution in [3.8, 4) is 0 Å². The molecular weight excluding hydrogens is 1110 g/mol. The predicted octanol–water partition coefficient (Wildman–Crippen LogP) is -3.15. The van der Waals surface area contributed by atoms with E-state index < -0.39 is 72.0 Å². The lowest BCUT2D eigenvalue weighted by atomic mass is 10.1. The molecule has 1 heterocycles. The third kappa shape index (κ3) is 44.8. The van der Waals surface area contributed by atoms with Crippen LogP contribution in [0, 0.1) is 0 Å². The lowest BCUT2D eigenvalue weighted by molar-refractivity contribution is -0.197. The Balaban J connectivity index is 2.29. The predicted molar refractivity (Wildman–Crippen MR) is 283 cm³/mol. The number of hydroxylamine groups is 2. The molecule has 8 amide bonds. The van der Waals surface area contributed by atoms with Gasteiger partial charge >= 0.3 is 17.9 Å². The molecule has 0 spiro atoms. The number of imide groups is 1. The second-order valence-electron chi connectivity index (χ2n) is 17.9. The van der Waals surface area contributed by atoms with Crippen LogP contribution >= 0.6 is 0 Å². The van der Waals surface area contributed by atoms with Crippen LogP contribution in [-0.4, -0.2) is 257 Å². The first-order valence-electron chi connectivity index (χ1n) is 27.4. The van der Waals surface area contributed by atoms with Gasteiger partial charge in [-0.2, -0.15) is 0 Å². The van der Waals surface area contributed by atoms with Crippen molar-refractivity contribution in [2.45, 2.75) is 102 Å². The standard InChI is InChI=1S/C51H85N7O25/c1-38(35-48(67)68)55-43(62)9-15-73-21-27-79-30-24-77-19-13-53-42(61)6-5-40(51(72)54-14-20-78-26-32-80-28-22-74-16-10-44(63)56-39(37-59)36-49(69)70)57-45(64)11-17-75-23-29-81-33-34-82-31-25-76-18-12-52-41(60)3-2-4-50(71)83-58-46(65)7-8-47(58)66/h37-40H,2-36H2,1H3,(H,52,60)(H,53,61)(H,54,72)(H,55,62)(H,56,63)(H,57,64)(H,67,68)(H,69,70)/t38-,39+,40+/m1/s1. The minimum atomic E-state index is -1.22. The summed E-state index contributed by atoms with van der Waals surface area (Å²) >= 11 is 0. The average Bonchev–Trinajstić information content (AvgIpc) is 3.75. The maximum absolute atomic E-state index is 13.2. The summed E-state index contributed by atoms with van der Waals surface area (Å²) in [6.07, 6.45) is -0.490. The van der Waals surface area contributed by atoms with Gasteiger partial charge in [0.2, 0.25) is 35.4 Å². The van der Waals surface area contributed by atoms with Crippen LogP contribution < -0.4 is 31.9 Å². The molecule has 0 aromatic rings. The van der Waals surface area contributed by atoms with Crippen molar-refractivity contribution in [2.24, 2.45) is 0 Å². The molecule has 1 fully saturated rings. The smallest absolute Gasteiger partial charge is 0.333 e. The number of carbonyl (C=O) groups is 12. The van der Waals surface area contributed by atoms with Gasteiger partial charge in [0.1, 0.15) is 12.3 Å². The van der Waals surface area contributed by atoms with Crippen molar-refractivity contribution in [2.75, 3.05) is 152 Å². The molecule has 0 aliphatic carbocycles. The fraction of sp³-hybridized carbons (Fsp3) is 0.765. The minimum absolute atomic E-state index is 0.00487. The van der Waals surface area contributed by atoms with E-state index in [4.69, 9.17) is 62.4 Å². The van der Waals surface area contributed by atoms with Gasteiger partial charge in [0.05, 0.1) is 151 Å². The zero-order valence-corrected chi connectivity index (χ0v) is 47.3. The number of carboxylic acids is 2. The Morgan fingerprint density at radius 3 is 1.25 bits per heavy atom. The summed E-state index contributed by atoms with van der Waals surface area (Å²) < 4.78 is 54.3. The first-order valence-corrected chi connectivity index (χ1v) is 27.4. The first kappa shape index (κ1) is 74.7. The quantitative estimate of drug-likeness (QED) is 0.0169. The van der Waals surface area contributed by atoms with E-state index in [0.29, 0.717) is 11.3 Å². The van der Waals surface area contributed by atoms with Crippen LogP contribution in [0.4, 0.5) is 0 Å². The van der Waals surface area contributed by atoms with Gasteiger partial charge in [-0.25, -0.2) is 4.79 Å².